The molecule has 2 aliphatic heterocycles. The van der Waals surface area contributed by atoms with Gasteiger partial charge in [-0.3, -0.25) is 4.90 Å². The number of aliphatic hydroxyl groups is 1. The van der Waals surface area contributed by atoms with Gasteiger partial charge in [-0.1, -0.05) is 13.8 Å². The van der Waals surface area contributed by atoms with Gasteiger partial charge in [0.2, 0.25) is 0 Å². The van der Waals surface area contributed by atoms with Crippen molar-refractivity contribution in [1.82, 2.24) is 4.90 Å². The van der Waals surface area contributed by atoms with Crippen LogP contribution < -0.4 is 0 Å². The quantitative estimate of drug-likeness (QED) is 0.722. The van der Waals surface area contributed by atoms with Crippen molar-refractivity contribution < 1.29 is 13.5 Å². The molecule has 2 heterocycles. The lowest BCUT2D eigenvalue weighted by Gasteiger charge is -2.40. The largest absolute Gasteiger partial charge is 0.390 e. The molecule has 0 aromatic rings. The third-order valence-corrected chi connectivity index (χ3v) is 5.61. The molecule has 2 unspecified atom stereocenters. The molecule has 1 N–H and O–H groups in total. The van der Waals surface area contributed by atoms with Crippen LogP contribution >= 0.6 is 0 Å². The molecule has 94 valence electrons. The molecule has 2 aliphatic rings. The molecule has 0 amide bonds. The molecule has 4 nitrogen and oxygen atoms in total. The summed E-state index contributed by atoms with van der Waals surface area (Å²) in [6, 6.07) is -0.166. The molecule has 2 fully saturated rings. The van der Waals surface area contributed by atoms with Crippen LogP contribution in [0.4, 0.5) is 0 Å². The second-order valence-corrected chi connectivity index (χ2v) is 8.07. The summed E-state index contributed by atoms with van der Waals surface area (Å²) in [6.07, 6.45) is 1.47. The first-order valence-electron chi connectivity index (χ1n) is 5.92. The fraction of sp³-hybridized carbons (Fsp3) is 1.00. The maximum Gasteiger partial charge on any atom is 0.154 e. The third kappa shape index (κ3) is 2.57. The molecular formula is C11H21NO3S. The second-order valence-electron chi connectivity index (χ2n) is 5.91. The number of piperidine rings is 1. The van der Waals surface area contributed by atoms with Crippen LogP contribution in [0.25, 0.3) is 0 Å². The normalized spacial score (nSPS) is 38.7. The van der Waals surface area contributed by atoms with Gasteiger partial charge in [0.05, 0.1) is 23.7 Å². The Hall–Kier alpha value is -0.130. The van der Waals surface area contributed by atoms with Crippen molar-refractivity contribution >= 4 is 9.84 Å². The Kier molecular flexibility index (Phi) is 3.05. The smallest absolute Gasteiger partial charge is 0.154 e. The Morgan fingerprint density at radius 1 is 1.19 bits per heavy atom. The summed E-state index contributed by atoms with van der Waals surface area (Å²) in [5, 5.41) is 9.79. The minimum Gasteiger partial charge on any atom is -0.390 e. The number of hydrogen-bond donors (Lipinski definition) is 1. The van der Waals surface area contributed by atoms with E-state index in [0.29, 0.717) is 5.41 Å². The summed E-state index contributed by atoms with van der Waals surface area (Å²) < 4.78 is 22.9. The molecule has 2 rings (SSSR count). The van der Waals surface area contributed by atoms with E-state index in [-0.39, 0.29) is 17.5 Å². The van der Waals surface area contributed by atoms with Crippen molar-refractivity contribution in [3.8, 4) is 0 Å². The van der Waals surface area contributed by atoms with Crippen molar-refractivity contribution in [2.24, 2.45) is 5.41 Å². The summed E-state index contributed by atoms with van der Waals surface area (Å²) in [5.74, 6) is 0.0756. The SMILES string of the molecule is CC1(C)CCN(C2CS(=O)(=O)CC2O)CC1. The van der Waals surface area contributed by atoms with Crippen molar-refractivity contribution in [3.63, 3.8) is 0 Å². The molecule has 5 heteroatoms. The Morgan fingerprint density at radius 3 is 2.19 bits per heavy atom. The summed E-state index contributed by atoms with van der Waals surface area (Å²) in [5.41, 5.74) is 0.360. The molecule has 2 atom stereocenters. The van der Waals surface area contributed by atoms with Gasteiger partial charge in [0.1, 0.15) is 0 Å². The third-order valence-electron chi connectivity index (χ3n) is 3.91. The van der Waals surface area contributed by atoms with Gasteiger partial charge in [-0.25, -0.2) is 8.42 Å². The van der Waals surface area contributed by atoms with Crippen LogP contribution in [0.5, 0.6) is 0 Å². The highest BCUT2D eigenvalue weighted by Gasteiger charge is 2.41. The lowest BCUT2D eigenvalue weighted by molar-refractivity contribution is 0.0417. The molecular weight excluding hydrogens is 226 g/mol. The van der Waals surface area contributed by atoms with E-state index in [4.69, 9.17) is 0 Å². The van der Waals surface area contributed by atoms with Gasteiger partial charge >= 0.3 is 0 Å². The number of likely N-dealkylation sites (tertiary alicyclic amines) is 1. The lowest BCUT2D eigenvalue weighted by atomic mass is 9.82. The highest BCUT2D eigenvalue weighted by atomic mass is 32.2. The van der Waals surface area contributed by atoms with Crippen LogP contribution in [0.3, 0.4) is 0 Å². The Balaban J connectivity index is 2.00. The van der Waals surface area contributed by atoms with E-state index in [0.717, 1.165) is 25.9 Å². The van der Waals surface area contributed by atoms with Gasteiger partial charge in [0.15, 0.2) is 9.84 Å². The van der Waals surface area contributed by atoms with Crippen molar-refractivity contribution in [1.29, 1.82) is 0 Å². The molecule has 16 heavy (non-hydrogen) atoms. The summed E-state index contributed by atoms with van der Waals surface area (Å²) >= 11 is 0. The van der Waals surface area contributed by atoms with E-state index in [9.17, 15) is 13.5 Å². The summed E-state index contributed by atoms with van der Waals surface area (Å²) in [6.45, 7) is 6.30. The maximum absolute atomic E-state index is 11.4. The van der Waals surface area contributed by atoms with Crippen LogP contribution in [0.15, 0.2) is 0 Å². The zero-order valence-corrected chi connectivity index (χ0v) is 10.8. The average molecular weight is 247 g/mol. The number of aliphatic hydroxyl groups excluding tert-OH is 1. The Labute approximate surface area is 97.6 Å². The van der Waals surface area contributed by atoms with Crippen molar-refractivity contribution in [2.75, 3.05) is 24.6 Å². The first-order chi connectivity index (χ1) is 7.29. The topological polar surface area (TPSA) is 57.6 Å². The van der Waals surface area contributed by atoms with Crippen molar-refractivity contribution in [3.05, 3.63) is 0 Å². The molecule has 0 aliphatic carbocycles. The minimum absolute atomic E-state index is 0.0580. The number of rotatable bonds is 1. The molecule has 0 radical (unpaired) electrons. The Morgan fingerprint density at radius 2 is 1.75 bits per heavy atom. The Bertz CT molecular complexity index is 353. The maximum atomic E-state index is 11.4. The molecule has 0 saturated carbocycles. The van der Waals surface area contributed by atoms with Gasteiger partial charge in [-0.05, 0) is 31.3 Å². The van der Waals surface area contributed by atoms with E-state index in [1.165, 1.54) is 0 Å². The van der Waals surface area contributed by atoms with E-state index in [1.807, 2.05) is 0 Å². The monoisotopic (exact) mass is 247 g/mol. The van der Waals surface area contributed by atoms with Crippen LogP contribution in [0.2, 0.25) is 0 Å². The second kappa shape index (κ2) is 3.96. The number of nitrogens with zero attached hydrogens (tertiary/aromatic N) is 1. The van der Waals surface area contributed by atoms with Crippen molar-refractivity contribution in [2.45, 2.75) is 38.8 Å². The highest BCUT2D eigenvalue weighted by Crippen LogP contribution is 2.32. The van der Waals surface area contributed by atoms with Crippen LogP contribution in [0, 0.1) is 5.41 Å². The average Bonchev–Trinajstić information content (AvgIpc) is 2.40. The zero-order valence-electron chi connectivity index (χ0n) is 10.0. The predicted molar refractivity (Wildman–Crippen MR) is 63.0 cm³/mol. The minimum atomic E-state index is -3.01. The first-order valence-corrected chi connectivity index (χ1v) is 7.74. The van der Waals surface area contributed by atoms with Crippen LogP contribution in [-0.2, 0) is 9.84 Å². The summed E-state index contributed by atoms with van der Waals surface area (Å²) in [4.78, 5) is 2.15. The first kappa shape index (κ1) is 12.3. The van der Waals surface area contributed by atoms with Crippen LogP contribution in [0.1, 0.15) is 26.7 Å². The van der Waals surface area contributed by atoms with Gasteiger partial charge in [0, 0.05) is 0 Å². The van der Waals surface area contributed by atoms with Gasteiger partial charge in [-0.2, -0.15) is 0 Å². The molecule has 0 aromatic heterocycles. The van der Waals surface area contributed by atoms with E-state index in [1.54, 1.807) is 0 Å². The summed E-state index contributed by atoms with van der Waals surface area (Å²) in [7, 11) is -3.01. The molecule has 0 aromatic carbocycles. The fourth-order valence-electron chi connectivity index (χ4n) is 2.62. The van der Waals surface area contributed by atoms with Crippen LogP contribution in [-0.4, -0.2) is 55.2 Å². The van der Waals surface area contributed by atoms with Gasteiger partial charge in [0.25, 0.3) is 0 Å². The van der Waals surface area contributed by atoms with E-state index < -0.39 is 15.9 Å². The van der Waals surface area contributed by atoms with Gasteiger partial charge < -0.3 is 5.11 Å². The van der Waals surface area contributed by atoms with E-state index in [2.05, 4.69) is 18.7 Å². The fourth-order valence-corrected chi connectivity index (χ4v) is 4.45. The lowest BCUT2D eigenvalue weighted by Crippen LogP contribution is -2.48. The molecule has 0 spiro atoms. The number of sulfone groups is 1. The highest BCUT2D eigenvalue weighted by molar-refractivity contribution is 7.91. The zero-order chi connectivity index (χ0) is 12.0. The number of hydrogen-bond acceptors (Lipinski definition) is 4. The molecule has 0 bridgehead atoms. The predicted octanol–water partition coefficient (Wildman–Crippen LogP) is 0.266. The van der Waals surface area contributed by atoms with Gasteiger partial charge in [-0.15, -0.1) is 0 Å². The molecule has 2 saturated heterocycles. The standard InChI is InChI=1S/C11H21NO3S/c1-11(2)3-5-12(6-4-11)9-7-16(14,15)8-10(9)13/h9-10,13H,3-8H2,1-2H3. The van der Waals surface area contributed by atoms with E-state index >= 15 is 0 Å².